The van der Waals surface area contributed by atoms with Gasteiger partial charge in [0.25, 0.3) is 0 Å². The van der Waals surface area contributed by atoms with E-state index >= 15 is 0 Å². The average Bonchev–Trinajstić information content (AvgIpc) is 2.18. The Labute approximate surface area is 88.1 Å². The van der Waals surface area contributed by atoms with Crippen molar-refractivity contribution in [2.24, 2.45) is 5.92 Å². The Kier molecular flexibility index (Phi) is 5.00. The maximum atomic E-state index is 5.17. The van der Waals surface area contributed by atoms with Crippen molar-refractivity contribution in [1.29, 1.82) is 0 Å². The van der Waals surface area contributed by atoms with Gasteiger partial charge in [0.1, 0.15) is 0 Å². The summed E-state index contributed by atoms with van der Waals surface area (Å²) < 4.78 is 0. The van der Waals surface area contributed by atoms with Gasteiger partial charge in [0.15, 0.2) is 0 Å². The number of piperidine rings is 1. The molecular formula is C12H22N2. The van der Waals surface area contributed by atoms with E-state index in [4.69, 9.17) is 6.42 Å². The Hall–Kier alpha value is -0.520. The van der Waals surface area contributed by atoms with Crippen molar-refractivity contribution in [1.82, 2.24) is 10.2 Å². The molecule has 0 aliphatic carbocycles. The van der Waals surface area contributed by atoms with Crippen molar-refractivity contribution in [3.8, 4) is 12.3 Å². The van der Waals surface area contributed by atoms with Crippen LogP contribution in [-0.4, -0.2) is 37.1 Å². The highest BCUT2D eigenvalue weighted by Gasteiger charge is 2.21. The molecular weight excluding hydrogens is 172 g/mol. The van der Waals surface area contributed by atoms with Gasteiger partial charge in [-0.15, -0.1) is 6.42 Å². The second kappa shape index (κ2) is 6.06. The minimum atomic E-state index is 0.692. The lowest BCUT2D eigenvalue weighted by molar-refractivity contribution is 0.126. The van der Waals surface area contributed by atoms with E-state index in [1.807, 2.05) is 0 Å². The van der Waals surface area contributed by atoms with E-state index in [1.165, 1.54) is 19.4 Å². The molecule has 0 saturated carbocycles. The summed E-state index contributed by atoms with van der Waals surface area (Å²) >= 11 is 0. The minimum Gasteiger partial charge on any atom is -0.305 e. The molecule has 0 spiro atoms. The quantitative estimate of drug-likeness (QED) is 0.536. The molecule has 2 unspecified atom stereocenters. The van der Waals surface area contributed by atoms with Crippen LogP contribution in [-0.2, 0) is 0 Å². The predicted molar refractivity (Wildman–Crippen MR) is 61.1 cm³/mol. The zero-order chi connectivity index (χ0) is 10.4. The predicted octanol–water partition coefficient (Wildman–Crippen LogP) is 1.33. The lowest BCUT2D eigenvalue weighted by atomic mass is 9.95. The zero-order valence-corrected chi connectivity index (χ0v) is 9.42. The SMILES string of the molecule is C#CCNCCN1CC(C)CCC1C. The van der Waals surface area contributed by atoms with Gasteiger partial charge in [0.05, 0.1) is 6.54 Å². The molecule has 0 bridgehead atoms. The van der Waals surface area contributed by atoms with Crippen LogP contribution in [0.3, 0.4) is 0 Å². The summed E-state index contributed by atoms with van der Waals surface area (Å²) in [7, 11) is 0. The summed E-state index contributed by atoms with van der Waals surface area (Å²) in [5.41, 5.74) is 0. The number of hydrogen-bond donors (Lipinski definition) is 1. The van der Waals surface area contributed by atoms with Crippen molar-refractivity contribution in [2.75, 3.05) is 26.2 Å². The molecule has 0 aromatic carbocycles. The number of terminal acetylenes is 1. The van der Waals surface area contributed by atoms with Gasteiger partial charge >= 0.3 is 0 Å². The lowest BCUT2D eigenvalue weighted by Gasteiger charge is -2.36. The third kappa shape index (κ3) is 3.69. The van der Waals surface area contributed by atoms with Gasteiger partial charge in [-0.3, -0.25) is 4.90 Å². The first-order chi connectivity index (χ1) is 6.74. The minimum absolute atomic E-state index is 0.692. The molecule has 0 radical (unpaired) electrons. The first-order valence-corrected chi connectivity index (χ1v) is 5.62. The van der Waals surface area contributed by atoms with Crippen molar-refractivity contribution in [2.45, 2.75) is 32.7 Å². The van der Waals surface area contributed by atoms with Crippen molar-refractivity contribution in [3.63, 3.8) is 0 Å². The Morgan fingerprint density at radius 2 is 2.21 bits per heavy atom. The Balaban J connectivity index is 2.18. The fourth-order valence-electron chi connectivity index (χ4n) is 2.07. The summed E-state index contributed by atoms with van der Waals surface area (Å²) in [6.45, 7) is 8.76. The normalized spacial score (nSPS) is 28.6. The largest absolute Gasteiger partial charge is 0.305 e. The lowest BCUT2D eigenvalue weighted by Crippen LogP contribution is -2.44. The second-order valence-electron chi connectivity index (χ2n) is 4.41. The third-order valence-electron chi connectivity index (χ3n) is 3.05. The van der Waals surface area contributed by atoms with Crippen LogP contribution in [0.2, 0.25) is 0 Å². The van der Waals surface area contributed by atoms with Gasteiger partial charge in [-0.05, 0) is 25.7 Å². The van der Waals surface area contributed by atoms with Gasteiger partial charge < -0.3 is 5.32 Å². The fourth-order valence-corrected chi connectivity index (χ4v) is 2.07. The van der Waals surface area contributed by atoms with Gasteiger partial charge in [0.2, 0.25) is 0 Å². The number of hydrogen-bond acceptors (Lipinski definition) is 2. The van der Waals surface area contributed by atoms with E-state index in [2.05, 4.69) is 30.0 Å². The second-order valence-corrected chi connectivity index (χ2v) is 4.41. The van der Waals surface area contributed by atoms with Crippen LogP contribution in [0.25, 0.3) is 0 Å². The molecule has 80 valence electrons. The van der Waals surface area contributed by atoms with E-state index in [1.54, 1.807) is 0 Å². The molecule has 2 atom stereocenters. The molecule has 0 aromatic heterocycles. The van der Waals surface area contributed by atoms with Crippen LogP contribution in [0.4, 0.5) is 0 Å². The molecule has 1 aliphatic heterocycles. The molecule has 1 aliphatic rings. The molecule has 1 fully saturated rings. The van der Waals surface area contributed by atoms with E-state index in [-0.39, 0.29) is 0 Å². The summed E-state index contributed by atoms with van der Waals surface area (Å²) in [6.07, 6.45) is 7.90. The van der Waals surface area contributed by atoms with Crippen LogP contribution in [0.1, 0.15) is 26.7 Å². The fraction of sp³-hybridized carbons (Fsp3) is 0.833. The average molecular weight is 194 g/mol. The van der Waals surface area contributed by atoms with Gasteiger partial charge in [-0.25, -0.2) is 0 Å². The molecule has 1 saturated heterocycles. The maximum absolute atomic E-state index is 5.17. The Morgan fingerprint density at radius 1 is 1.43 bits per heavy atom. The number of nitrogens with one attached hydrogen (secondary N) is 1. The molecule has 2 nitrogen and oxygen atoms in total. The van der Waals surface area contributed by atoms with Crippen molar-refractivity contribution >= 4 is 0 Å². The summed E-state index contributed by atoms with van der Waals surface area (Å²) in [6, 6.07) is 0.749. The molecule has 0 aromatic rings. The van der Waals surface area contributed by atoms with E-state index < -0.39 is 0 Å². The molecule has 2 heteroatoms. The summed E-state index contributed by atoms with van der Waals surface area (Å²) in [5, 5.41) is 3.24. The monoisotopic (exact) mass is 194 g/mol. The molecule has 14 heavy (non-hydrogen) atoms. The standard InChI is InChI=1S/C12H22N2/c1-4-7-13-8-9-14-10-11(2)5-6-12(14)3/h1,11-13H,5-10H2,2-3H3. The molecule has 1 N–H and O–H groups in total. The van der Waals surface area contributed by atoms with Gasteiger partial charge in [-0.2, -0.15) is 0 Å². The third-order valence-corrected chi connectivity index (χ3v) is 3.05. The van der Waals surface area contributed by atoms with Crippen LogP contribution >= 0.6 is 0 Å². The van der Waals surface area contributed by atoms with Gasteiger partial charge in [-0.1, -0.05) is 12.8 Å². The van der Waals surface area contributed by atoms with Crippen molar-refractivity contribution in [3.05, 3.63) is 0 Å². The van der Waals surface area contributed by atoms with E-state index in [0.29, 0.717) is 6.54 Å². The first kappa shape index (κ1) is 11.6. The molecule has 1 rings (SSSR count). The van der Waals surface area contributed by atoms with E-state index in [9.17, 15) is 0 Å². The first-order valence-electron chi connectivity index (χ1n) is 5.62. The van der Waals surface area contributed by atoms with Crippen LogP contribution in [0.5, 0.6) is 0 Å². The molecule has 1 heterocycles. The van der Waals surface area contributed by atoms with Gasteiger partial charge in [0, 0.05) is 25.7 Å². The topological polar surface area (TPSA) is 15.3 Å². The highest BCUT2D eigenvalue weighted by Crippen LogP contribution is 2.20. The highest BCUT2D eigenvalue weighted by atomic mass is 15.2. The number of rotatable bonds is 4. The van der Waals surface area contributed by atoms with Crippen LogP contribution < -0.4 is 5.32 Å². The Morgan fingerprint density at radius 3 is 2.93 bits per heavy atom. The number of nitrogens with zero attached hydrogens (tertiary/aromatic N) is 1. The summed E-state index contributed by atoms with van der Waals surface area (Å²) in [5.74, 6) is 3.46. The van der Waals surface area contributed by atoms with E-state index in [0.717, 1.165) is 25.0 Å². The number of likely N-dealkylation sites (tertiary alicyclic amines) is 1. The molecule has 0 amide bonds. The van der Waals surface area contributed by atoms with Crippen molar-refractivity contribution < 1.29 is 0 Å². The maximum Gasteiger partial charge on any atom is 0.0574 e. The summed E-state index contributed by atoms with van der Waals surface area (Å²) in [4.78, 5) is 2.57. The smallest absolute Gasteiger partial charge is 0.0574 e. The van der Waals surface area contributed by atoms with Crippen LogP contribution in [0.15, 0.2) is 0 Å². The van der Waals surface area contributed by atoms with Crippen LogP contribution in [0, 0.1) is 18.3 Å². The Bertz CT molecular complexity index is 195. The highest BCUT2D eigenvalue weighted by molar-refractivity contribution is 4.86. The zero-order valence-electron chi connectivity index (χ0n) is 9.42.